The lowest BCUT2D eigenvalue weighted by Gasteiger charge is -2.20. The van der Waals surface area contributed by atoms with E-state index in [1.807, 2.05) is 0 Å². The highest BCUT2D eigenvalue weighted by Crippen LogP contribution is 2.43. The predicted molar refractivity (Wildman–Crippen MR) is 256 cm³/mol. The monoisotopic (exact) mass is 901 g/mol. The molecule has 0 aromatic heterocycles. The van der Waals surface area contributed by atoms with E-state index in [1.165, 1.54) is 161 Å². The molecule has 0 bridgehead atoms. The zero-order valence-electron chi connectivity index (χ0n) is 40.1. The molecule has 0 heterocycles. The number of hydrogen-bond donors (Lipinski definition) is 3. The van der Waals surface area contributed by atoms with E-state index in [-0.39, 0.29) is 12.8 Å². The van der Waals surface area contributed by atoms with Crippen molar-refractivity contribution in [2.24, 2.45) is 0 Å². The van der Waals surface area contributed by atoms with E-state index in [1.54, 1.807) is 0 Å². The Kier molecular flexibility index (Phi) is 46.2. The summed E-state index contributed by atoms with van der Waals surface area (Å²) in [6.07, 6.45) is 50.1. The van der Waals surface area contributed by atoms with Gasteiger partial charge >= 0.3 is 19.8 Å². The average Bonchev–Trinajstić information content (AvgIpc) is 3.26. The van der Waals surface area contributed by atoms with E-state index in [2.05, 4.69) is 38.2 Å². The van der Waals surface area contributed by atoms with Crippen molar-refractivity contribution < 1.29 is 47.8 Å². The maximum atomic E-state index is 12.4. The second-order valence-electron chi connectivity index (χ2n) is 17.5. The van der Waals surface area contributed by atoms with Crippen LogP contribution in [0.25, 0.3) is 0 Å². The molecule has 0 aliphatic carbocycles. The van der Waals surface area contributed by atoms with Gasteiger partial charge in [0, 0.05) is 12.8 Å². The normalized spacial score (nSPS) is 13.8. The summed E-state index contributed by atoms with van der Waals surface area (Å²) in [5.41, 5.74) is 0. The van der Waals surface area contributed by atoms with Gasteiger partial charge in [-0.3, -0.25) is 18.6 Å². The molecule has 0 rings (SSSR count). The summed E-state index contributed by atoms with van der Waals surface area (Å²) >= 11 is 0. The molecular weight excluding hydrogens is 804 g/mol. The van der Waals surface area contributed by atoms with E-state index < -0.39 is 58.4 Å². The lowest BCUT2D eigenvalue weighted by atomic mass is 10.0. The minimum absolute atomic E-state index is 0.184. The van der Waals surface area contributed by atoms with Crippen LogP contribution in [0.3, 0.4) is 0 Å². The van der Waals surface area contributed by atoms with Crippen molar-refractivity contribution in [2.45, 2.75) is 264 Å². The van der Waals surface area contributed by atoms with Gasteiger partial charge in [-0.05, 0) is 64.2 Å². The molecule has 0 amide bonds. The first-order chi connectivity index (χ1) is 30.3. The summed E-state index contributed by atoms with van der Waals surface area (Å²) in [7, 11) is -4.64. The van der Waals surface area contributed by atoms with Crippen LogP contribution in [-0.4, -0.2) is 65.7 Å². The van der Waals surface area contributed by atoms with Crippen molar-refractivity contribution in [1.82, 2.24) is 0 Å². The van der Waals surface area contributed by atoms with Gasteiger partial charge in [0.25, 0.3) is 0 Å². The van der Waals surface area contributed by atoms with Crippen LogP contribution in [0.4, 0.5) is 0 Å². The summed E-state index contributed by atoms with van der Waals surface area (Å²) in [6, 6.07) is 0. The summed E-state index contributed by atoms with van der Waals surface area (Å²) in [4.78, 5) is 34.7. The van der Waals surface area contributed by atoms with Crippen LogP contribution in [0.1, 0.15) is 251 Å². The Morgan fingerprint density at radius 3 is 0.919 bits per heavy atom. The Bertz CT molecular complexity index is 1080. The van der Waals surface area contributed by atoms with Crippen LogP contribution >= 0.6 is 7.82 Å². The van der Waals surface area contributed by atoms with Crippen LogP contribution in [0.2, 0.25) is 0 Å². The highest BCUT2D eigenvalue weighted by molar-refractivity contribution is 7.47. The van der Waals surface area contributed by atoms with Crippen LogP contribution in [0.15, 0.2) is 24.3 Å². The summed E-state index contributed by atoms with van der Waals surface area (Å²) in [5, 5.41) is 19.2. The first-order valence-corrected chi connectivity index (χ1v) is 27.3. The molecule has 0 saturated carbocycles. The number of phosphoric ester groups is 1. The second kappa shape index (κ2) is 47.4. The standard InChI is InChI=1S/C51H97O10P/c1-3-5-7-9-11-13-15-17-19-21-22-23-24-25-26-27-29-31-33-35-37-39-41-43-51(55)61-49(45-53)47-59-62(56,57)58-46-48(44-52)60-50(54)42-40-38-36-34-32-30-28-20-18-16-14-12-10-8-6-4-2/h20-22,28,48-49,52-53H,3-19,23-27,29-47H2,1-2H3,(H,56,57)/b22-21-,28-20-. The molecule has 0 saturated heterocycles. The van der Waals surface area contributed by atoms with E-state index >= 15 is 0 Å². The van der Waals surface area contributed by atoms with Crippen LogP contribution in [0.5, 0.6) is 0 Å². The molecule has 0 aromatic carbocycles. The second-order valence-corrected chi connectivity index (χ2v) is 19.0. The van der Waals surface area contributed by atoms with Crippen molar-refractivity contribution in [1.29, 1.82) is 0 Å². The maximum Gasteiger partial charge on any atom is 0.472 e. The van der Waals surface area contributed by atoms with Crippen molar-refractivity contribution in [3.8, 4) is 0 Å². The topological polar surface area (TPSA) is 149 Å². The number of ether oxygens (including phenoxy) is 2. The molecule has 0 spiro atoms. The number of phosphoric acid groups is 1. The molecule has 62 heavy (non-hydrogen) atoms. The highest BCUT2D eigenvalue weighted by Gasteiger charge is 2.27. The molecule has 10 nitrogen and oxygen atoms in total. The van der Waals surface area contributed by atoms with Gasteiger partial charge in [-0.25, -0.2) is 4.57 Å². The Balaban J connectivity index is 3.81. The lowest BCUT2D eigenvalue weighted by Crippen LogP contribution is -2.28. The van der Waals surface area contributed by atoms with Crippen molar-refractivity contribution >= 4 is 19.8 Å². The number of allylic oxidation sites excluding steroid dienone is 4. The Morgan fingerprint density at radius 1 is 0.419 bits per heavy atom. The third kappa shape index (κ3) is 45.0. The number of aliphatic hydroxyl groups is 2. The quantitative estimate of drug-likeness (QED) is 0.0233. The summed E-state index contributed by atoms with van der Waals surface area (Å²) in [5.74, 6) is -1.02. The highest BCUT2D eigenvalue weighted by atomic mass is 31.2. The van der Waals surface area contributed by atoms with Crippen molar-refractivity contribution in [3.05, 3.63) is 24.3 Å². The van der Waals surface area contributed by atoms with E-state index in [0.717, 1.165) is 51.4 Å². The van der Waals surface area contributed by atoms with Gasteiger partial charge in [0.1, 0.15) is 12.2 Å². The smallest absolute Gasteiger partial charge is 0.457 e. The van der Waals surface area contributed by atoms with E-state index in [4.69, 9.17) is 18.5 Å². The largest absolute Gasteiger partial charge is 0.472 e. The minimum atomic E-state index is -4.64. The first-order valence-electron chi connectivity index (χ1n) is 25.8. The van der Waals surface area contributed by atoms with Gasteiger partial charge in [-0.15, -0.1) is 0 Å². The van der Waals surface area contributed by atoms with Gasteiger partial charge < -0.3 is 24.6 Å². The number of carbonyl (C=O) groups excluding carboxylic acids is 2. The number of carbonyl (C=O) groups is 2. The van der Waals surface area contributed by atoms with Crippen molar-refractivity contribution in [3.63, 3.8) is 0 Å². The number of hydrogen-bond acceptors (Lipinski definition) is 9. The molecule has 0 radical (unpaired) electrons. The Hall–Kier alpha value is -1.55. The Labute approximate surface area is 380 Å². The van der Waals surface area contributed by atoms with Gasteiger partial charge in [0.05, 0.1) is 26.4 Å². The fourth-order valence-electron chi connectivity index (χ4n) is 7.40. The third-order valence-electron chi connectivity index (χ3n) is 11.4. The molecule has 3 unspecified atom stereocenters. The molecule has 3 N–H and O–H groups in total. The average molecular weight is 901 g/mol. The number of aliphatic hydroxyl groups excluding tert-OH is 2. The molecule has 366 valence electrons. The summed E-state index contributed by atoms with van der Waals surface area (Å²) < 4.78 is 32.7. The molecule has 3 atom stereocenters. The maximum absolute atomic E-state index is 12.4. The zero-order valence-corrected chi connectivity index (χ0v) is 41.0. The Morgan fingerprint density at radius 2 is 0.661 bits per heavy atom. The first kappa shape index (κ1) is 60.5. The number of rotatable bonds is 49. The molecule has 0 aliphatic heterocycles. The van der Waals surface area contributed by atoms with Crippen LogP contribution in [-0.2, 0) is 32.7 Å². The molecule has 11 heteroatoms. The fraction of sp³-hybridized carbons (Fsp3) is 0.882. The van der Waals surface area contributed by atoms with Crippen molar-refractivity contribution in [2.75, 3.05) is 26.4 Å². The van der Waals surface area contributed by atoms with E-state index in [0.29, 0.717) is 12.8 Å². The van der Waals surface area contributed by atoms with Gasteiger partial charge in [-0.2, -0.15) is 0 Å². The van der Waals surface area contributed by atoms with Gasteiger partial charge in [0.2, 0.25) is 0 Å². The lowest BCUT2D eigenvalue weighted by molar-refractivity contribution is -0.153. The fourth-order valence-corrected chi connectivity index (χ4v) is 8.18. The van der Waals surface area contributed by atoms with E-state index in [9.17, 15) is 29.3 Å². The minimum Gasteiger partial charge on any atom is -0.457 e. The van der Waals surface area contributed by atoms with Crippen LogP contribution < -0.4 is 0 Å². The number of esters is 2. The van der Waals surface area contributed by atoms with Gasteiger partial charge in [0.15, 0.2) is 0 Å². The molecule has 0 aliphatic rings. The molecular formula is C51H97O10P. The SMILES string of the molecule is CCCCCCCCC/C=C\CCCCCCCC(=O)OC(CO)COP(=O)(O)OCC(CO)OC(=O)CCCCCCCCCCCCC/C=C\CCCCCCCCCC. The van der Waals surface area contributed by atoms with Gasteiger partial charge in [-0.1, -0.05) is 199 Å². The zero-order chi connectivity index (χ0) is 45.5. The molecule has 0 aromatic rings. The predicted octanol–water partition coefficient (Wildman–Crippen LogP) is 14.5. The van der Waals surface area contributed by atoms with Crippen LogP contribution in [0, 0.1) is 0 Å². The third-order valence-corrected chi connectivity index (χ3v) is 12.3. The molecule has 0 fully saturated rings. The summed E-state index contributed by atoms with van der Waals surface area (Å²) in [6.45, 7) is 2.24. The number of unbranched alkanes of at least 4 members (excludes halogenated alkanes) is 31.